The van der Waals surface area contributed by atoms with E-state index in [1.807, 2.05) is 0 Å². The van der Waals surface area contributed by atoms with Crippen molar-refractivity contribution < 1.29 is 9.53 Å². The van der Waals surface area contributed by atoms with E-state index in [1.54, 1.807) is 18.4 Å². The van der Waals surface area contributed by atoms with E-state index in [-0.39, 0.29) is 5.97 Å². The molecule has 0 unspecified atom stereocenters. The molecular formula is C7H9NO2. The molecule has 0 saturated carbocycles. The summed E-state index contributed by atoms with van der Waals surface area (Å²) < 4.78 is 4.50. The van der Waals surface area contributed by atoms with E-state index in [0.717, 1.165) is 0 Å². The highest BCUT2D eigenvalue weighted by Crippen LogP contribution is 2.01. The average molecular weight is 139 g/mol. The molecule has 0 bridgehead atoms. The molecule has 1 aliphatic heterocycles. The highest BCUT2D eigenvalue weighted by molar-refractivity contribution is 5.91. The zero-order valence-electron chi connectivity index (χ0n) is 5.76. The summed E-state index contributed by atoms with van der Waals surface area (Å²) >= 11 is 0. The summed E-state index contributed by atoms with van der Waals surface area (Å²) in [6, 6.07) is 0. The van der Waals surface area contributed by atoms with Crippen molar-refractivity contribution in [2.45, 2.75) is 0 Å². The molecule has 10 heavy (non-hydrogen) atoms. The topological polar surface area (TPSA) is 38.3 Å². The van der Waals surface area contributed by atoms with Crippen LogP contribution in [0.15, 0.2) is 23.9 Å². The van der Waals surface area contributed by atoms with Crippen LogP contribution < -0.4 is 5.32 Å². The Morgan fingerprint density at radius 1 is 1.80 bits per heavy atom. The summed E-state index contributed by atoms with van der Waals surface area (Å²) in [6.07, 6.45) is 5.20. The highest BCUT2D eigenvalue weighted by atomic mass is 16.5. The van der Waals surface area contributed by atoms with E-state index in [2.05, 4.69) is 10.1 Å². The Balaban J connectivity index is 2.63. The predicted molar refractivity (Wildman–Crippen MR) is 37.2 cm³/mol. The molecule has 0 fully saturated rings. The maximum atomic E-state index is 10.8. The van der Waals surface area contributed by atoms with Crippen LogP contribution in [0.1, 0.15) is 0 Å². The minimum Gasteiger partial charge on any atom is -0.465 e. The smallest absolute Gasteiger partial charge is 0.337 e. The van der Waals surface area contributed by atoms with Gasteiger partial charge in [0.25, 0.3) is 0 Å². The molecule has 0 radical (unpaired) electrons. The van der Waals surface area contributed by atoms with E-state index < -0.39 is 0 Å². The van der Waals surface area contributed by atoms with Gasteiger partial charge in [-0.2, -0.15) is 0 Å². The van der Waals surface area contributed by atoms with E-state index in [4.69, 9.17) is 0 Å². The number of ether oxygens (including phenoxy) is 1. The summed E-state index contributed by atoms with van der Waals surface area (Å²) in [5.41, 5.74) is 0.612. The van der Waals surface area contributed by atoms with Crippen LogP contribution in [0, 0.1) is 0 Å². The summed E-state index contributed by atoms with van der Waals surface area (Å²) in [7, 11) is 1.37. The zero-order valence-corrected chi connectivity index (χ0v) is 5.76. The molecule has 0 aromatic rings. The fourth-order valence-corrected chi connectivity index (χ4v) is 0.723. The SMILES string of the molecule is COC(=O)C1=CCNC=C1. The van der Waals surface area contributed by atoms with E-state index >= 15 is 0 Å². The van der Waals surface area contributed by atoms with Crippen LogP contribution in [0.3, 0.4) is 0 Å². The Labute approximate surface area is 59.4 Å². The van der Waals surface area contributed by atoms with Crippen LogP contribution in [-0.2, 0) is 9.53 Å². The van der Waals surface area contributed by atoms with Crippen LogP contribution in [0.4, 0.5) is 0 Å². The molecule has 3 heteroatoms. The molecule has 0 saturated heterocycles. The molecule has 0 aromatic carbocycles. The van der Waals surface area contributed by atoms with Gasteiger partial charge in [0.15, 0.2) is 0 Å². The second-order valence-corrected chi connectivity index (χ2v) is 1.89. The molecule has 0 aromatic heterocycles. The first-order valence-corrected chi connectivity index (χ1v) is 3.03. The summed E-state index contributed by atoms with van der Waals surface area (Å²) in [5.74, 6) is -0.280. The summed E-state index contributed by atoms with van der Waals surface area (Å²) in [6.45, 7) is 0.695. The number of rotatable bonds is 1. The molecule has 1 N–H and O–H groups in total. The molecule has 0 spiro atoms. The van der Waals surface area contributed by atoms with E-state index in [1.165, 1.54) is 7.11 Å². The van der Waals surface area contributed by atoms with Gasteiger partial charge in [-0.05, 0) is 12.3 Å². The number of carbonyl (C=O) groups is 1. The van der Waals surface area contributed by atoms with Gasteiger partial charge in [-0.3, -0.25) is 0 Å². The minimum atomic E-state index is -0.280. The Morgan fingerprint density at radius 2 is 2.60 bits per heavy atom. The largest absolute Gasteiger partial charge is 0.465 e. The molecule has 1 rings (SSSR count). The van der Waals surface area contributed by atoms with Gasteiger partial charge in [0.2, 0.25) is 0 Å². The average Bonchev–Trinajstić information content (AvgIpc) is 2.05. The van der Waals surface area contributed by atoms with Gasteiger partial charge in [0, 0.05) is 6.54 Å². The molecule has 1 aliphatic rings. The van der Waals surface area contributed by atoms with E-state index in [0.29, 0.717) is 12.1 Å². The van der Waals surface area contributed by atoms with Crippen LogP contribution in [0.2, 0.25) is 0 Å². The van der Waals surface area contributed by atoms with Gasteiger partial charge < -0.3 is 10.1 Å². The number of hydrogen-bond acceptors (Lipinski definition) is 3. The van der Waals surface area contributed by atoms with Crippen molar-refractivity contribution in [3.05, 3.63) is 23.9 Å². The molecule has 54 valence electrons. The number of carbonyl (C=O) groups excluding carboxylic acids is 1. The molecule has 0 atom stereocenters. The normalized spacial score (nSPS) is 15.5. The Morgan fingerprint density at radius 3 is 3.10 bits per heavy atom. The van der Waals surface area contributed by atoms with Crippen molar-refractivity contribution in [3.63, 3.8) is 0 Å². The van der Waals surface area contributed by atoms with Crippen LogP contribution in [0.25, 0.3) is 0 Å². The van der Waals surface area contributed by atoms with E-state index in [9.17, 15) is 4.79 Å². The number of nitrogens with one attached hydrogen (secondary N) is 1. The van der Waals surface area contributed by atoms with Crippen molar-refractivity contribution in [2.75, 3.05) is 13.7 Å². The van der Waals surface area contributed by atoms with Crippen LogP contribution in [-0.4, -0.2) is 19.6 Å². The number of methoxy groups -OCH3 is 1. The zero-order chi connectivity index (χ0) is 7.40. The molecule has 0 aliphatic carbocycles. The first-order valence-electron chi connectivity index (χ1n) is 3.03. The number of hydrogen-bond donors (Lipinski definition) is 1. The maximum absolute atomic E-state index is 10.8. The second-order valence-electron chi connectivity index (χ2n) is 1.89. The lowest BCUT2D eigenvalue weighted by molar-refractivity contribution is -0.135. The standard InChI is InChI=1S/C7H9NO2/c1-10-7(9)6-2-4-8-5-3-6/h2-4,8H,5H2,1H3. The third-order valence-corrected chi connectivity index (χ3v) is 1.24. The van der Waals surface area contributed by atoms with Crippen LogP contribution in [0.5, 0.6) is 0 Å². The van der Waals surface area contributed by atoms with Gasteiger partial charge in [-0.25, -0.2) is 4.79 Å². The Kier molecular flexibility index (Phi) is 2.10. The number of dihydropyridines is 1. The fraction of sp³-hybridized carbons (Fsp3) is 0.286. The van der Waals surface area contributed by atoms with Gasteiger partial charge in [0.1, 0.15) is 0 Å². The lowest BCUT2D eigenvalue weighted by atomic mass is 10.2. The third-order valence-electron chi connectivity index (χ3n) is 1.24. The van der Waals surface area contributed by atoms with Crippen molar-refractivity contribution in [1.82, 2.24) is 5.32 Å². The monoisotopic (exact) mass is 139 g/mol. The maximum Gasteiger partial charge on any atom is 0.337 e. The van der Waals surface area contributed by atoms with Gasteiger partial charge >= 0.3 is 5.97 Å². The molecule has 0 amide bonds. The van der Waals surface area contributed by atoms with Crippen molar-refractivity contribution in [1.29, 1.82) is 0 Å². The Hall–Kier alpha value is -1.25. The predicted octanol–water partition coefficient (Wildman–Crippen LogP) is 0.203. The summed E-state index contributed by atoms with van der Waals surface area (Å²) in [5, 5.41) is 2.93. The Bertz CT molecular complexity index is 194. The summed E-state index contributed by atoms with van der Waals surface area (Å²) in [4.78, 5) is 10.8. The van der Waals surface area contributed by atoms with Crippen molar-refractivity contribution in [3.8, 4) is 0 Å². The molecule has 3 nitrogen and oxygen atoms in total. The van der Waals surface area contributed by atoms with Crippen molar-refractivity contribution >= 4 is 5.97 Å². The van der Waals surface area contributed by atoms with Gasteiger partial charge in [0.05, 0.1) is 12.7 Å². The second kappa shape index (κ2) is 3.06. The number of esters is 1. The van der Waals surface area contributed by atoms with Gasteiger partial charge in [-0.1, -0.05) is 6.08 Å². The fourth-order valence-electron chi connectivity index (χ4n) is 0.723. The first kappa shape index (κ1) is 6.86. The van der Waals surface area contributed by atoms with Gasteiger partial charge in [-0.15, -0.1) is 0 Å². The minimum absolute atomic E-state index is 0.280. The lowest BCUT2D eigenvalue weighted by Crippen LogP contribution is -2.13. The van der Waals surface area contributed by atoms with Crippen LogP contribution >= 0.6 is 0 Å². The quantitative estimate of drug-likeness (QED) is 0.527. The lowest BCUT2D eigenvalue weighted by Gasteiger charge is -2.04. The first-order chi connectivity index (χ1) is 4.84. The molecule has 1 heterocycles. The highest BCUT2D eigenvalue weighted by Gasteiger charge is 2.06. The van der Waals surface area contributed by atoms with Crippen molar-refractivity contribution in [2.24, 2.45) is 0 Å². The molecular weight excluding hydrogens is 130 g/mol. The third kappa shape index (κ3) is 1.37.